The normalized spacial score (nSPS) is 11.3. The van der Waals surface area contributed by atoms with Gasteiger partial charge in [-0.15, -0.1) is 6.42 Å². The maximum Gasteiger partial charge on any atom is 0.326 e. The number of carboxylic acid groups (broad SMARTS) is 1. The Kier molecular flexibility index (Phi) is 4.29. The molecule has 0 aromatic heterocycles. The molecule has 0 aliphatic heterocycles. The van der Waals surface area contributed by atoms with Crippen molar-refractivity contribution in [2.45, 2.75) is 19.4 Å². The fourth-order valence-corrected chi connectivity index (χ4v) is 1.42. The third-order valence-electron chi connectivity index (χ3n) is 2.24. The molecule has 2 N–H and O–H groups in total. The predicted molar refractivity (Wildman–Crippen MR) is 63.3 cm³/mol. The summed E-state index contributed by atoms with van der Waals surface area (Å²) in [5, 5.41) is 11.3. The van der Waals surface area contributed by atoms with Gasteiger partial charge < -0.3 is 10.4 Å². The van der Waals surface area contributed by atoms with Gasteiger partial charge in [-0.05, 0) is 17.7 Å². The summed E-state index contributed by atoms with van der Waals surface area (Å²) in [6, 6.07) is 6.08. The van der Waals surface area contributed by atoms with E-state index < -0.39 is 12.0 Å². The Bertz CT molecular complexity index is 457. The Morgan fingerprint density at radius 2 is 2.00 bits per heavy atom. The average molecular weight is 231 g/mol. The molecule has 0 heterocycles. The van der Waals surface area contributed by atoms with Gasteiger partial charge in [0.1, 0.15) is 6.04 Å². The molecule has 0 saturated carbocycles. The molecule has 17 heavy (non-hydrogen) atoms. The summed E-state index contributed by atoms with van der Waals surface area (Å²) in [6.07, 6.45) is 5.45. The monoisotopic (exact) mass is 231 g/mol. The van der Waals surface area contributed by atoms with E-state index in [4.69, 9.17) is 11.5 Å². The first-order valence-corrected chi connectivity index (χ1v) is 5.08. The summed E-state index contributed by atoms with van der Waals surface area (Å²) in [5.41, 5.74) is 1.55. The highest BCUT2D eigenvalue weighted by Crippen LogP contribution is 2.06. The number of terminal acetylenes is 1. The van der Waals surface area contributed by atoms with Crippen LogP contribution in [0.1, 0.15) is 18.1 Å². The molecule has 1 rings (SSSR count). The second kappa shape index (κ2) is 5.71. The zero-order valence-corrected chi connectivity index (χ0v) is 9.43. The smallest absolute Gasteiger partial charge is 0.326 e. The van der Waals surface area contributed by atoms with E-state index in [1.54, 1.807) is 24.3 Å². The van der Waals surface area contributed by atoms with Crippen LogP contribution in [0.2, 0.25) is 0 Å². The molecule has 1 atom stereocenters. The lowest BCUT2D eigenvalue weighted by Crippen LogP contribution is -2.41. The van der Waals surface area contributed by atoms with Crippen molar-refractivity contribution in [3.8, 4) is 12.3 Å². The minimum absolute atomic E-state index is 0.236. The van der Waals surface area contributed by atoms with Crippen molar-refractivity contribution in [3.63, 3.8) is 0 Å². The highest BCUT2D eigenvalue weighted by molar-refractivity contribution is 5.82. The van der Waals surface area contributed by atoms with Crippen LogP contribution in [0.5, 0.6) is 0 Å². The molecule has 0 saturated heterocycles. The van der Waals surface area contributed by atoms with Crippen molar-refractivity contribution >= 4 is 11.9 Å². The lowest BCUT2D eigenvalue weighted by molar-refractivity contribution is -0.141. The van der Waals surface area contributed by atoms with Crippen LogP contribution in [0.25, 0.3) is 0 Å². The Morgan fingerprint density at radius 3 is 2.41 bits per heavy atom. The number of carboxylic acids is 1. The number of rotatable bonds is 4. The first-order valence-electron chi connectivity index (χ1n) is 5.08. The maximum absolute atomic E-state index is 10.9. The quantitative estimate of drug-likeness (QED) is 0.753. The summed E-state index contributed by atoms with van der Waals surface area (Å²) < 4.78 is 0. The lowest BCUT2D eigenvalue weighted by atomic mass is 10.0. The van der Waals surface area contributed by atoms with E-state index in [-0.39, 0.29) is 12.3 Å². The number of benzene rings is 1. The number of aliphatic carboxylic acids is 1. The van der Waals surface area contributed by atoms with Gasteiger partial charge in [0.15, 0.2) is 0 Å². The van der Waals surface area contributed by atoms with Gasteiger partial charge in [-0.2, -0.15) is 0 Å². The fraction of sp³-hybridized carbons (Fsp3) is 0.231. The van der Waals surface area contributed by atoms with Crippen molar-refractivity contribution in [3.05, 3.63) is 35.4 Å². The molecule has 0 fully saturated rings. The largest absolute Gasteiger partial charge is 0.480 e. The summed E-state index contributed by atoms with van der Waals surface area (Å²) in [5.74, 6) is 1.06. The van der Waals surface area contributed by atoms with Crippen molar-refractivity contribution in [2.75, 3.05) is 0 Å². The Labute approximate surface area is 99.7 Å². The highest BCUT2D eigenvalue weighted by Gasteiger charge is 2.18. The SMILES string of the molecule is C#Cc1ccc(C[C@H](NC(C)=O)C(=O)O)cc1. The van der Waals surface area contributed by atoms with Crippen LogP contribution in [-0.4, -0.2) is 23.0 Å². The minimum atomic E-state index is -1.05. The van der Waals surface area contributed by atoms with Crippen LogP contribution in [-0.2, 0) is 16.0 Å². The van der Waals surface area contributed by atoms with Crippen molar-refractivity contribution in [2.24, 2.45) is 0 Å². The van der Waals surface area contributed by atoms with E-state index in [2.05, 4.69) is 11.2 Å². The Hall–Kier alpha value is -2.28. The van der Waals surface area contributed by atoms with E-state index in [1.807, 2.05) is 0 Å². The van der Waals surface area contributed by atoms with Crippen LogP contribution >= 0.6 is 0 Å². The van der Waals surface area contributed by atoms with E-state index in [1.165, 1.54) is 6.92 Å². The summed E-state index contributed by atoms with van der Waals surface area (Å²) in [6.45, 7) is 1.29. The van der Waals surface area contributed by atoms with Crippen molar-refractivity contribution in [1.82, 2.24) is 5.32 Å². The van der Waals surface area contributed by atoms with Crippen LogP contribution in [0, 0.1) is 12.3 Å². The van der Waals surface area contributed by atoms with Gasteiger partial charge in [0.25, 0.3) is 0 Å². The van der Waals surface area contributed by atoms with Gasteiger partial charge in [0.2, 0.25) is 5.91 Å². The molecule has 1 aromatic rings. The summed E-state index contributed by atoms with van der Waals surface area (Å²) >= 11 is 0. The number of hydrogen-bond acceptors (Lipinski definition) is 2. The Morgan fingerprint density at radius 1 is 1.41 bits per heavy atom. The number of nitrogens with one attached hydrogen (secondary N) is 1. The van der Waals surface area contributed by atoms with Crippen LogP contribution in [0.4, 0.5) is 0 Å². The molecule has 0 bridgehead atoms. The summed E-state index contributed by atoms with van der Waals surface area (Å²) in [4.78, 5) is 21.8. The first-order chi connectivity index (χ1) is 8.02. The molecule has 0 aliphatic carbocycles. The van der Waals surface area contributed by atoms with Gasteiger partial charge in [-0.25, -0.2) is 4.79 Å². The van der Waals surface area contributed by atoms with Crippen LogP contribution < -0.4 is 5.32 Å². The zero-order chi connectivity index (χ0) is 12.8. The molecule has 4 nitrogen and oxygen atoms in total. The predicted octanol–water partition coefficient (Wildman–Crippen LogP) is 0.800. The van der Waals surface area contributed by atoms with Crippen molar-refractivity contribution in [1.29, 1.82) is 0 Å². The molecule has 1 amide bonds. The van der Waals surface area contributed by atoms with E-state index in [0.29, 0.717) is 0 Å². The number of carbonyl (C=O) groups is 2. The molecule has 0 unspecified atom stereocenters. The lowest BCUT2D eigenvalue weighted by Gasteiger charge is -2.13. The second-order valence-electron chi connectivity index (χ2n) is 3.64. The second-order valence-corrected chi connectivity index (χ2v) is 3.64. The Balaban J connectivity index is 2.75. The molecular weight excluding hydrogens is 218 g/mol. The number of hydrogen-bond donors (Lipinski definition) is 2. The molecule has 4 heteroatoms. The van der Waals surface area contributed by atoms with E-state index in [0.717, 1.165) is 11.1 Å². The average Bonchev–Trinajstić information content (AvgIpc) is 2.28. The minimum Gasteiger partial charge on any atom is -0.480 e. The number of carbonyl (C=O) groups excluding carboxylic acids is 1. The van der Waals surface area contributed by atoms with Gasteiger partial charge in [-0.3, -0.25) is 4.79 Å². The van der Waals surface area contributed by atoms with Crippen LogP contribution in [0.15, 0.2) is 24.3 Å². The third kappa shape index (κ3) is 3.99. The van der Waals surface area contributed by atoms with Crippen LogP contribution in [0.3, 0.4) is 0 Å². The van der Waals surface area contributed by atoms with E-state index >= 15 is 0 Å². The van der Waals surface area contributed by atoms with Crippen molar-refractivity contribution < 1.29 is 14.7 Å². The fourth-order valence-electron chi connectivity index (χ4n) is 1.42. The van der Waals surface area contributed by atoms with E-state index in [9.17, 15) is 9.59 Å². The standard InChI is InChI=1S/C13H13NO3/c1-3-10-4-6-11(7-5-10)8-12(13(16)17)14-9(2)15/h1,4-7,12H,8H2,2H3,(H,14,15)(H,16,17)/t12-/m0/s1. The zero-order valence-electron chi connectivity index (χ0n) is 9.43. The van der Waals surface area contributed by atoms with Gasteiger partial charge >= 0.3 is 5.97 Å². The molecule has 88 valence electrons. The summed E-state index contributed by atoms with van der Waals surface area (Å²) in [7, 11) is 0. The molecule has 0 aliphatic rings. The van der Waals surface area contributed by atoms with Gasteiger partial charge in [-0.1, -0.05) is 18.1 Å². The maximum atomic E-state index is 10.9. The van der Waals surface area contributed by atoms with Gasteiger partial charge in [0.05, 0.1) is 0 Å². The highest BCUT2D eigenvalue weighted by atomic mass is 16.4. The molecule has 1 aromatic carbocycles. The molecular formula is C13H13NO3. The third-order valence-corrected chi connectivity index (χ3v) is 2.24. The van der Waals surface area contributed by atoms with Gasteiger partial charge in [0, 0.05) is 18.9 Å². The first kappa shape index (κ1) is 12.8. The number of amides is 1. The molecule has 0 radical (unpaired) electrons. The molecule has 0 spiro atoms. The topological polar surface area (TPSA) is 66.4 Å².